The molecule has 1 aliphatic carbocycles. The van der Waals surface area contributed by atoms with E-state index < -0.39 is 0 Å². The van der Waals surface area contributed by atoms with Gasteiger partial charge in [0.2, 0.25) is 0 Å². The van der Waals surface area contributed by atoms with E-state index >= 15 is 0 Å². The summed E-state index contributed by atoms with van der Waals surface area (Å²) in [6, 6.07) is 4.18. The molecule has 1 aliphatic heterocycles. The molecule has 2 aromatic rings. The van der Waals surface area contributed by atoms with Crippen molar-refractivity contribution in [3.05, 3.63) is 48.6 Å². The Morgan fingerprint density at radius 3 is 2.66 bits per heavy atom. The standard InChI is InChI=1S/C23H33N5S/c1-2-13-28-22(25-26-23(28)29-18-19-7-4-3-5-8-19)21-10-14-27(15-11-21)17-20-9-6-12-24-16-20/h2,6,9,12,16,19,21H,1,3-5,7-8,10-11,13-15,17-18H2. The molecule has 0 bridgehead atoms. The second-order valence-electron chi connectivity index (χ2n) is 8.47. The number of hydrogen-bond acceptors (Lipinski definition) is 5. The molecule has 6 heteroatoms. The van der Waals surface area contributed by atoms with E-state index in [0.29, 0.717) is 5.92 Å². The number of allylic oxidation sites excluding steroid dienone is 1. The molecule has 0 radical (unpaired) electrons. The number of piperidine rings is 1. The minimum atomic E-state index is 0.497. The van der Waals surface area contributed by atoms with E-state index in [0.717, 1.165) is 55.9 Å². The highest BCUT2D eigenvalue weighted by Crippen LogP contribution is 2.33. The van der Waals surface area contributed by atoms with Crippen molar-refractivity contribution in [2.75, 3.05) is 18.8 Å². The van der Waals surface area contributed by atoms with Crippen LogP contribution in [0.15, 0.2) is 42.3 Å². The molecular weight excluding hydrogens is 378 g/mol. The molecular formula is C23H33N5S. The molecule has 3 heterocycles. The number of likely N-dealkylation sites (tertiary alicyclic amines) is 1. The van der Waals surface area contributed by atoms with Gasteiger partial charge >= 0.3 is 0 Å². The molecule has 29 heavy (non-hydrogen) atoms. The van der Waals surface area contributed by atoms with Gasteiger partial charge < -0.3 is 4.57 Å². The Kier molecular flexibility index (Phi) is 7.39. The molecule has 0 amide bonds. The smallest absolute Gasteiger partial charge is 0.191 e. The van der Waals surface area contributed by atoms with Crippen LogP contribution in [-0.2, 0) is 13.1 Å². The third-order valence-electron chi connectivity index (χ3n) is 6.31. The lowest BCUT2D eigenvalue weighted by Gasteiger charge is -2.31. The first-order chi connectivity index (χ1) is 14.3. The number of aromatic nitrogens is 4. The molecule has 0 unspecified atom stereocenters. The molecule has 5 nitrogen and oxygen atoms in total. The zero-order valence-electron chi connectivity index (χ0n) is 17.4. The average molecular weight is 412 g/mol. The molecule has 0 spiro atoms. The van der Waals surface area contributed by atoms with Gasteiger partial charge in [0.25, 0.3) is 0 Å². The Bertz CT molecular complexity index is 761. The second-order valence-corrected chi connectivity index (χ2v) is 9.45. The Morgan fingerprint density at radius 1 is 1.10 bits per heavy atom. The number of pyridine rings is 1. The molecule has 4 rings (SSSR count). The lowest BCUT2D eigenvalue weighted by molar-refractivity contribution is 0.200. The highest BCUT2D eigenvalue weighted by Gasteiger charge is 2.26. The molecule has 2 aliphatic rings. The average Bonchev–Trinajstić information content (AvgIpc) is 3.17. The third kappa shape index (κ3) is 5.48. The van der Waals surface area contributed by atoms with Crippen molar-refractivity contribution in [2.45, 2.75) is 69.1 Å². The van der Waals surface area contributed by atoms with Crippen molar-refractivity contribution in [2.24, 2.45) is 5.92 Å². The van der Waals surface area contributed by atoms with Crippen molar-refractivity contribution in [1.82, 2.24) is 24.6 Å². The summed E-state index contributed by atoms with van der Waals surface area (Å²) in [4.78, 5) is 6.77. The van der Waals surface area contributed by atoms with Gasteiger partial charge in [-0.3, -0.25) is 9.88 Å². The van der Waals surface area contributed by atoms with Crippen LogP contribution in [-0.4, -0.2) is 43.5 Å². The van der Waals surface area contributed by atoms with E-state index in [9.17, 15) is 0 Å². The predicted octanol–water partition coefficient (Wildman–Crippen LogP) is 4.91. The zero-order valence-corrected chi connectivity index (χ0v) is 18.2. The van der Waals surface area contributed by atoms with E-state index in [-0.39, 0.29) is 0 Å². The molecule has 2 aromatic heterocycles. The van der Waals surface area contributed by atoms with Crippen LogP contribution < -0.4 is 0 Å². The summed E-state index contributed by atoms with van der Waals surface area (Å²) in [5.74, 6) is 3.69. The molecule has 156 valence electrons. The van der Waals surface area contributed by atoms with Crippen LogP contribution in [0.1, 0.15) is 62.3 Å². The van der Waals surface area contributed by atoms with Crippen molar-refractivity contribution in [3.8, 4) is 0 Å². The maximum Gasteiger partial charge on any atom is 0.191 e. The van der Waals surface area contributed by atoms with E-state index in [4.69, 9.17) is 0 Å². The molecule has 1 saturated carbocycles. The lowest BCUT2D eigenvalue weighted by Crippen LogP contribution is -2.33. The Balaban J connectivity index is 1.35. The minimum Gasteiger partial charge on any atom is -0.302 e. The monoisotopic (exact) mass is 411 g/mol. The normalized spacial score (nSPS) is 19.4. The number of rotatable bonds is 8. The summed E-state index contributed by atoms with van der Waals surface area (Å²) in [5, 5.41) is 10.3. The number of hydrogen-bond donors (Lipinski definition) is 0. The van der Waals surface area contributed by atoms with Gasteiger partial charge in [-0.1, -0.05) is 43.2 Å². The minimum absolute atomic E-state index is 0.497. The summed E-state index contributed by atoms with van der Waals surface area (Å²) >= 11 is 1.90. The fourth-order valence-electron chi connectivity index (χ4n) is 4.65. The summed E-state index contributed by atoms with van der Waals surface area (Å²) in [7, 11) is 0. The van der Waals surface area contributed by atoms with Gasteiger partial charge in [-0.05, 0) is 56.3 Å². The highest BCUT2D eigenvalue weighted by molar-refractivity contribution is 7.99. The summed E-state index contributed by atoms with van der Waals surface area (Å²) < 4.78 is 2.32. The zero-order chi connectivity index (χ0) is 19.9. The van der Waals surface area contributed by atoms with Crippen molar-refractivity contribution in [3.63, 3.8) is 0 Å². The number of thioether (sulfide) groups is 1. The van der Waals surface area contributed by atoms with E-state index in [1.165, 1.54) is 43.4 Å². The quantitative estimate of drug-likeness (QED) is 0.456. The first kappa shape index (κ1) is 20.6. The Hall–Kier alpha value is -1.66. The molecule has 1 saturated heterocycles. The van der Waals surface area contributed by atoms with Crippen LogP contribution in [0.4, 0.5) is 0 Å². The second kappa shape index (κ2) is 10.4. The summed E-state index contributed by atoms with van der Waals surface area (Å²) in [6.07, 6.45) is 15.0. The first-order valence-electron chi connectivity index (χ1n) is 11.1. The van der Waals surface area contributed by atoms with E-state index in [2.05, 4.69) is 37.3 Å². The van der Waals surface area contributed by atoms with Gasteiger partial charge in [0, 0.05) is 37.2 Å². The van der Waals surface area contributed by atoms with Gasteiger partial charge in [0.1, 0.15) is 5.82 Å². The molecule has 2 fully saturated rings. The van der Waals surface area contributed by atoms with Gasteiger partial charge in [-0.15, -0.1) is 16.8 Å². The SMILES string of the molecule is C=CCn1c(SCC2CCCCC2)nnc1C1CCN(Cc2cccnc2)CC1. The Morgan fingerprint density at radius 2 is 1.93 bits per heavy atom. The van der Waals surface area contributed by atoms with Gasteiger partial charge in [0.05, 0.1) is 0 Å². The van der Waals surface area contributed by atoms with Crippen LogP contribution >= 0.6 is 11.8 Å². The summed E-state index contributed by atoms with van der Waals surface area (Å²) in [5.41, 5.74) is 1.29. The predicted molar refractivity (Wildman–Crippen MR) is 119 cm³/mol. The van der Waals surface area contributed by atoms with E-state index in [1.807, 2.05) is 36.3 Å². The first-order valence-corrected chi connectivity index (χ1v) is 12.1. The lowest BCUT2D eigenvalue weighted by atomic mass is 9.91. The van der Waals surface area contributed by atoms with Crippen LogP contribution in [0.3, 0.4) is 0 Å². The largest absolute Gasteiger partial charge is 0.302 e. The fourth-order valence-corrected chi connectivity index (χ4v) is 5.80. The van der Waals surface area contributed by atoms with Gasteiger partial charge in [-0.25, -0.2) is 0 Å². The van der Waals surface area contributed by atoms with Crippen molar-refractivity contribution in [1.29, 1.82) is 0 Å². The topological polar surface area (TPSA) is 46.8 Å². The van der Waals surface area contributed by atoms with Gasteiger partial charge in [-0.2, -0.15) is 0 Å². The van der Waals surface area contributed by atoms with Crippen molar-refractivity contribution < 1.29 is 0 Å². The van der Waals surface area contributed by atoms with E-state index in [1.54, 1.807) is 0 Å². The van der Waals surface area contributed by atoms with Crippen LogP contribution in [0.25, 0.3) is 0 Å². The maximum absolute atomic E-state index is 4.65. The highest BCUT2D eigenvalue weighted by atomic mass is 32.2. The van der Waals surface area contributed by atoms with Crippen LogP contribution in [0, 0.1) is 5.92 Å². The molecule has 0 N–H and O–H groups in total. The number of nitrogens with zero attached hydrogens (tertiary/aromatic N) is 5. The van der Waals surface area contributed by atoms with Gasteiger partial charge in [0.15, 0.2) is 5.16 Å². The summed E-state index contributed by atoms with van der Waals surface area (Å²) in [6.45, 7) is 7.98. The fraction of sp³-hybridized carbons (Fsp3) is 0.609. The van der Waals surface area contributed by atoms with Crippen LogP contribution in [0.5, 0.6) is 0 Å². The van der Waals surface area contributed by atoms with Crippen molar-refractivity contribution >= 4 is 11.8 Å². The molecule has 0 aromatic carbocycles. The molecule has 0 atom stereocenters. The maximum atomic E-state index is 4.65. The van der Waals surface area contributed by atoms with Crippen LogP contribution in [0.2, 0.25) is 0 Å². The Labute approximate surface area is 179 Å². The third-order valence-corrected chi connectivity index (χ3v) is 7.51.